The molecule has 0 radical (unpaired) electrons. The van der Waals surface area contributed by atoms with E-state index in [2.05, 4.69) is 10.0 Å². The highest BCUT2D eigenvalue weighted by Gasteiger charge is 2.28. The van der Waals surface area contributed by atoms with Crippen molar-refractivity contribution in [3.8, 4) is 0 Å². The van der Waals surface area contributed by atoms with Gasteiger partial charge in [0.25, 0.3) is 10.2 Å². The largest absolute Gasteiger partial charge is 0.380 e. The van der Waals surface area contributed by atoms with Crippen molar-refractivity contribution in [2.24, 2.45) is 0 Å². The van der Waals surface area contributed by atoms with Gasteiger partial charge in [-0.3, -0.25) is 0 Å². The van der Waals surface area contributed by atoms with Crippen LogP contribution in [0.15, 0.2) is 0 Å². The minimum absolute atomic E-state index is 0.0510. The molecule has 2 rings (SSSR count). The molecule has 88 valence electrons. The molecule has 2 heterocycles. The quantitative estimate of drug-likeness (QED) is 0.625. The van der Waals surface area contributed by atoms with E-state index in [0.29, 0.717) is 26.3 Å². The van der Waals surface area contributed by atoms with E-state index in [1.807, 2.05) is 0 Å². The van der Waals surface area contributed by atoms with Crippen LogP contribution in [-0.4, -0.2) is 58.2 Å². The maximum atomic E-state index is 11.9. The Bertz CT molecular complexity index is 294. The van der Waals surface area contributed by atoms with E-state index >= 15 is 0 Å². The molecule has 2 N–H and O–H groups in total. The Morgan fingerprint density at radius 2 is 2.07 bits per heavy atom. The first-order valence-electron chi connectivity index (χ1n) is 5.24. The zero-order valence-corrected chi connectivity index (χ0v) is 9.42. The summed E-state index contributed by atoms with van der Waals surface area (Å²) in [6.07, 6.45) is 0.769. The van der Waals surface area contributed by atoms with E-state index in [1.54, 1.807) is 0 Å². The van der Waals surface area contributed by atoms with Crippen LogP contribution in [0.1, 0.15) is 6.42 Å². The first kappa shape index (κ1) is 11.3. The molecular weight excluding hydrogens is 218 g/mol. The fraction of sp³-hybridized carbons (Fsp3) is 1.00. The van der Waals surface area contributed by atoms with Crippen molar-refractivity contribution >= 4 is 10.2 Å². The smallest absolute Gasteiger partial charge is 0.279 e. The van der Waals surface area contributed by atoms with Crippen LogP contribution in [-0.2, 0) is 14.9 Å². The number of ether oxygens (including phenoxy) is 1. The molecule has 2 saturated heterocycles. The number of rotatable bonds is 3. The molecule has 0 saturated carbocycles. The molecule has 7 heteroatoms. The van der Waals surface area contributed by atoms with Gasteiger partial charge in [-0.2, -0.15) is 17.4 Å². The van der Waals surface area contributed by atoms with Crippen LogP contribution in [0.5, 0.6) is 0 Å². The zero-order chi connectivity index (χ0) is 10.7. The minimum atomic E-state index is -3.30. The van der Waals surface area contributed by atoms with E-state index in [1.165, 1.54) is 4.31 Å². The van der Waals surface area contributed by atoms with E-state index in [0.717, 1.165) is 19.5 Å². The highest BCUT2D eigenvalue weighted by molar-refractivity contribution is 7.87. The number of nitrogens with one attached hydrogen (secondary N) is 2. The zero-order valence-electron chi connectivity index (χ0n) is 8.61. The Kier molecular flexibility index (Phi) is 3.57. The summed E-state index contributed by atoms with van der Waals surface area (Å²) in [5.74, 6) is 0. The predicted octanol–water partition coefficient (Wildman–Crippen LogP) is -1.49. The van der Waals surface area contributed by atoms with Crippen LogP contribution in [0.25, 0.3) is 0 Å². The van der Waals surface area contributed by atoms with Gasteiger partial charge in [-0.05, 0) is 6.42 Å². The molecule has 0 spiro atoms. The Labute approximate surface area is 90.2 Å². The van der Waals surface area contributed by atoms with Crippen LogP contribution in [0.3, 0.4) is 0 Å². The fourth-order valence-electron chi connectivity index (χ4n) is 1.80. The van der Waals surface area contributed by atoms with Gasteiger partial charge in [-0.25, -0.2) is 0 Å². The normalized spacial score (nSPS) is 29.5. The number of nitrogens with zero attached hydrogens (tertiary/aromatic N) is 1. The summed E-state index contributed by atoms with van der Waals surface area (Å²) in [4.78, 5) is 0. The first-order chi connectivity index (χ1) is 7.18. The Balaban J connectivity index is 1.92. The van der Waals surface area contributed by atoms with Crippen molar-refractivity contribution in [1.82, 2.24) is 14.3 Å². The van der Waals surface area contributed by atoms with Crippen molar-refractivity contribution < 1.29 is 13.2 Å². The summed E-state index contributed by atoms with van der Waals surface area (Å²) in [7, 11) is -3.30. The molecule has 2 fully saturated rings. The van der Waals surface area contributed by atoms with Gasteiger partial charge in [0.1, 0.15) is 0 Å². The molecule has 1 atom stereocenters. The second kappa shape index (κ2) is 4.75. The molecule has 0 bridgehead atoms. The van der Waals surface area contributed by atoms with Gasteiger partial charge in [0.05, 0.1) is 6.61 Å². The standard InChI is InChI=1S/C8H17N3O3S/c12-15(13,10-8-1-6-14-7-8)11-4-2-9-3-5-11/h8-10H,1-7H2. The second-order valence-electron chi connectivity index (χ2n) is 3.83. The Morgan fingerprint density at radius 1 is 1.33 bits per heavy atom. The lowest BCUT2D eigenvalue weighted by Gasteiger charge is -2.27. The number of piperazine rings is 1. The molecule has 2 aliphatic rings. The molecule has 0 aliphatic carbocycles. The van der Waals surface area contributed by atoms with Gasteiger partial charge in [0.2, 0.25) is 0 Å². The average molecular weight is 235 g/mol. The third-order valence-electron chi connectivity index (χ3n) is 2.66. The summed E-state index contributed by atoms with van der Waals surface area (Å²) >= 11 is 0. The number of hydrogen-bond donors (Lipinski definition) is 2. The molecule has 0 amide bonds. The summed E-state index contributed by atoms with van der Waals surface area (Å²) in [6.45, 7) is 3.68. The highest BCUT2D eigenvalue weighted by atomic mass is 32.2. The van der Waals surface area contributed by atoms with Gasteiger partial charge < -0.3 is 10.1 Å². The molecule has 0 aromatic heterocycles. The fourth-order valence-corrected chi connectivity index (χ4v) is 3.22. The van der Waals surface area contributed by atoms with E-state index < -0.39 is 10.2 Å². The molecular formula is C8H17N3O3S. The van der Waals surface area contributed by atoms with Gasteiger partial charge in [0, 0.05) is 38.8 Å². The molecule has 15 heavy (non-hydrogen) atoms. The van der Waals surface area contributed by atoms with Crippen LogP contribution in [0, 0.1) is 0 Å². The molecule has 6 nitrogen and oxygen atoms in total. The van der Waals surface area contributed by atoms with Crippen molar-refractivity contribution in [2.75, 3.05) is 39.4 Å². The van der Waals surface area contributed by atoms with Crippen LogP contribution in [0.4, 0.5) is 0 Å². The van der Waals surface area contributed by atoms with Gasteiger partial charge in [-0.15, -0.1) is 0 Å². The first-order valence-corrected chi connectivity index (χ1v) is 6.68. The molecule has 0 aromatic rings. The lowest BCUT2D eigenvalue weighted by molar-refractivity contribution is 0.192. The van der Waals surface area contributed by atoms with Gasteiger partial charge in [0.15, 0.2) is 0 Å². The van der Waals surface area contributed by atoms with Crippen LogP contribution >= 0.6 is 0 Å². The van der Waals surface area contributed by atoms with Crippen LogP contribution in [0.2, 0.25) is 0 Å². The van der Waals surface area contributed by atoms with Crippen molar-refractivity contribution in [3.05, 3.63) is 0 Å². The van der Waals surface area contributed by atoms with Gasteiger partial charge in [-0.1, -0.05) is 0 Å². The molecule has 0 aromatic carbocycles. The third-order valence-corrected chi connectivity index (χ3v) is 4.34. The van der Waals surface area contributed by atoms with Crippen molar-refractivity contribution in [2.45, 2.75) is 12.5 Å². The second-order valence-corrected chi connectivity index (χ2v) is 5.53. The topological polar surface area (TPSA) is 70.7 Å². The summed E-state index contributed by atoms with van der Waals surface area (Å²) in [5, 5.41) is 3.12. The van der Waals surface area contributed by atoms with E-state index in [-0.39, 0.29) is 6.04 Å². The van der Waals surface area contributed by atoms with Crippen molar-refractivity contribution in [1.29, 1.82) is 0 Å². The average Bonchev–Trinajstić information content (AvgIpc) is 2.71. The maximum Gasteiger partial charge on any atom is 0.279 e. The molecule has 1 unspecified atom stereocenters. The maximum absolute atomic E-state index is 11.9. The lowest BCUT2D eigenvalue weighted by atomic mass is 10.3. The summed E-state index contributed by atoms with van der Waals surface area (Å²) in [6, 6.07) is -0.0510. The van der Waals surface area contributed by atoms with Crippen molar-refractivity contribution in [3.63, 3.8) is 0 Å². The number of hydrogen-bond acceptors (Lipinski definition) is 4. The highest BCUT2D eigenvalue weighted by Crippen LogP contribution is 2.07. The molecule has 2 aliphatic heterocycles. The van der Waals surface area contributed by atoms with Gasteiger partial charge >= 0.3 is 0 Å². The van der Waals surface area contributed by atoms with Crippen LogP contribution < -0.4 is 10.0 Å². The summed E-state index contributed by atoms with van der Waals surface area (Å²) < 4.78 is 33.0. The Morgan fingerprint density at radius 3 is 2.67 bits per heavy atom. The monoisotopic (exact) mass is 235 g/mol. The Hall–Kier alpha value is -0.210. The van der Waals surface area contributed by atoms with E-state index in [4.69, 9.17) is 4.74 Å². The third kappa shape index (κ3) is 2.88. The van der Waals surface area contributed by atoms with E-state index in [9.17, 15) is 8.42 Å². The minimum Gasteiger partial charge on any atom is -0.380 e. The SMILES string of the molecule is O=S(=O)(NC1CCOC1)N1CCNCC1. The predicted molar refractivity (Wildman–Crippen MR) is 55.7 cm³/mol. The lowest BCUT2D eigenvalue weighted by Crippen LogP contribution is -2.52. The summed E-state index contributed by atoms with van der Waals surface area (Å²) in [5.41, 5.74) is 0.